The van der Waals surface area contributed by atoms with E-state index in [1.807, 2.05) is 66.7 Å². The summed E-state index contributed by atoms with van der Waals surface area (Å²) in [4.78, 5) is 13.2. The van der Waals surface area contributed by atoms with Crippen LogP contribution in [0.25, 0.3) is 11.0 Å². The van der Waals surface area contributed by atoms with E-state index in [1.165, 1.54) is 5.56 Å². The van der Waals surface area contributed by atoms with Gasteiger partial charge in [0.25, 0.3) is 0 Å². The molecule has 1 aromatic heterocycles. The molecule has 2 atom stereocenters. The van der Waals surface area contributed by atoms with Crippen LogP contribution in [-0.4, -0.2) is 11.0 Å². The van der Waals surface area contributed by atoms with Crippen molar-refractivity contribution in [1.29, 1.82) is 0 Å². The second kappa shape index (κ2) is 11.3. The van der Waals surface area contributed by atoms with Crippen LogP contribution in [-0.2, 0) is 17.6 Å². The van der Waals surface area contributed by atoms with Crippen molar-refractivity contribution < 1.29 is 14.3 Å². The highest BCUT2D eigenvalue weighted by Gasteiger charge is 2.19. The topological polar surface area (TPSA) is 62.5 Å². The average Bonchev–Trinajstić information content (AvgIpc) is 3.30. The van der Waals surface area contributed by atoms with Gasteiger partial charge in [-0.05, 0) is 72.0 Å². The van der Waals surface area contributed by atoms with Gasteiger partial charge in [-0.2, -0.15) is 0 Å². The van der Waals surface area contributed by atoms with Gasteiger partial charge in [-0.15, -0.1) is 0 Å². The van der Waals surface area contributed by atoms with Crippen molar-refractivity contribution >= 4 is 28.5 Å². The van der Waals surface area contributed by atoms with Gasteiger partial charge in [-0.25, -0.2) is 0 Å². The highest BCUT2D eigenvalue weighted by atomic mass is 35.5. The third-order valence-corrected chi connectivity index (χ3v) is 7.07. The Bertz CT molecular complexity index is 1560. The van der Waals surface area contributed by atoms with Crippen molar-refractivity contribution in [2.24, 2.45) is 0 Å². The van der Waals surface area contributed by atoms with Crippen molar-refractivity contribution in [2.45, 2.75) is 38.8 Å². The molecule has 1 heterocycles. The van der Waals surface area contributed by atoms with E-state index >= 15 is 0 Å². The van der Waals surface area contributed by atoms with Gasteiger partial charge in [0.1, 0.15) is 11.3 Å². The molecule has 0 aliphatic heterocycles. The number of halogens is 1. The molecule has 5 aromatic rings. The molecule has 0 aliphatic rings. The molecule has 192 valence electrons. The number of carbonyl (C=O) groups is 1. The largest absolute Gasteiger partial charge is 0.461 e. The first-order valence-corrected chi connectivity index (χ1v) is 13.1. The summed E-state index contributed by atoms with van der Waals surface area (Å²) in [5.41, 5.74) is 6.87. The quantitative estimate of drug-likeness (QED) is 0.222. The molecule has 5 rings (SSSR count). The monoisotopic (exact) mass is 523 g/mol. The Morgan fingerprint density at radius 3 is 2.39 bits per heavy atom. The minimum Gasteiger partial charge on any atom is -0.461 e. The van der Waals surface area contributed by atoms with E-state index in [0.29, 0.717) is 17.2 Å². The first-order valence-electron chi connectivity index (χ1n) is 12.7. The molecule has 0 aliphatic carbocycles. The maximum absolute atomic E-state index is 13.2. The molecule has 0 spiro atoms. The molecule has 4 aromatic carbocycles. The average molecular weight is 524 g/mol. The van der Waals surface area contributed by atoms with E-state index in [4.69, 9.17) is 16.0 Å². The molecule has 2 N–H and O–H groups in total. The van der Waals surface area contributed by atoms with Crippen LogP contribution >= 0.6 is 11.6 Å². The van der Waals surface area contributed by atoms with Crippen LogP contribution in [0.1, 0.15) is 51.3 Å². The van der Waals surface area contributed by atoms with Gasteiger partial charge in [0, 0.05) is 16.8 Å². The Kier molecular flexibility index (Phi) is 7.64. The molecule has 5 heteroatoms. The lowest BCUT2D eigenvalue weighted by Crippen LogP contribution is -2.31. The SMILES string of the molecule is Cc1ccc(C(NC(=O)Cc2ccc3oc(CC(O)c4ccc(Cl)cc4)cc3c2)c2ccccc2)c(C)c1. The molecule has 1 amide bonds. The summed E-state index contributed by atoms with van der Waals surface area (Å²) in [5, 5.41) is 15.4. The number of carbonyl (C=O) groups excluding carboxylic acids is 1. The summed E-state index contributed by atoms with van der Waals surface area (Å²) >= 11 is 5.95. The van der Waals surface area contributed by atoms with Crippen LogP contribution in [0.2, 0.25) is 5.02 Å². The number of fused-ring (bicyclic) bond motifs is 1. The molecule has 0 saturated carbocycles. The fraction of sp³-hybridized carbons (Fsp3) is 0.182. The van der Waals surface area contributed by atoms with E-state index in [-0.39, 0.29) is 18.4 Å². The summed E-state index contributed by atoms with van der Waals surface area (Å²) in [6.45, 7) is 4.15. The third-order valence-electron chi connectivity index (χ3n) is 6.82. The van der Waals surface area contributed by atoms with E-state index in [9.17, 15) is 9.90 Å². The van der Waals surface area contributed by atoms with Crippen LogP contribution in [0.15, 0.2) is 101 Å². The number of rotatable bonds is 8. The fourth-order valence-electron chi connectivity index (χ4n) is 4.88. The Labute approximate surface area is 227 Å². The maximum Gasteiger partial charge on any atom is 0.225 e. The second-order valence-corrected chi connectivity index (χ2v) is 10.2. The smallest absolute Gasteiger partial charge is 0.225 e. The molecule has 0 fully saturated rings. The van der Waals surface area contributed by atoms with Gasteiger partial charge >= 0.3 is 0 Å². The Morgan fingerprint density at radius 2 is 1.66 bits per heavy atom. The van der Waals surface area contributed by atoms with Crippen LogP contribution in [0, 0.1) is 13.8 Å². The summed E-state index contributed by atoms with van der Waals surface area (Å²) < 4.78 is 5.96. The Balaban J connectivity index is 1.31. The number of furan rings is 1. The Hall–Kier alpha value is -3.86. The Morgan fingerprint density at radius 1 is 0.895 bits per heavy atom. The number of aliphatic hydroxyl groups is 1. The molecule has 4 nitrogen and oxygen atoms in total. The third kappa shape index (κ3) is 5.99. The molecule has 0 bridgehead atoms. The van der Waals surface area contributed by atoms with Crippen molar-refractivity contribution in [2.75, 3.05) is 0 Å². The van der Waals surface area contributed by atoms with Crippen molar-refractivity contribution in [3.05, 3.63) is 141 Å². The lowest BCUT2D eigenvalue weighted by Gasteiger charge is -2.22. The first kappa shape index (κ1) is 25.8. The fourth-order valence-corrected chi connectivity index (χ4v) is 5.01. The number of amides is 1. The number of hydrogen-bond donors (Lipinski definition) is 2. The molecular formula is C33H30ClNO3. The minimum atomic E-state index is -0.696. The van der Waals surface area contributed by atoms with E-state index < -0.39 is 6.10 Å². The highest BCUT2D eigenvalue weighted by molar-refractivity contribution is 6.30. The summed E-state index contributed by atoms with van der Waals surface area (Å²) in [5.74, 6) is 0.628. The standard InChI is InChI=1S/C33H30ClNO3/c1-21-8-14-29(22(2)16-21)33(25-6-4-3-5-7-25)35-32(37)18-23-9-15-31-26(17-23)19-28(38-31)20-30(36)24-10-12-27(34)13-11-24/h3-17,19,30,33,36H,18,20H2,1-2H3,(H,35,37). The van der Waals surface area contributed by atoms with Gasteiger partial charge in [-0.3, -0.25) is 4.79 Å². The molecule has 0 radical (unpaired) electrons. The van der Waals surface area contributed by atoms with Gasteiger partial charge in [0.2, 0.25) is 5.91 Å². The number of aliphatic hydroxyl groups excluding tert-OH is 1. The second-order valence-electron chi connectivity index (χ2n) is 9.80. The van der Waals surface area contributed by atoms with Gasteiger partial charge in [0.05, 0.1) is 18.6 Å². The zero-order chi connectivity index (χ0) is 26.6. The number of hydrogen-bond acceptors (Lipinski definition) is 3. The van der Waals surface area contributed by atoms with E-state index in [1.54, 1.807) is 12.1 Å². The zero-order valence-electron chi connectivity index (χ0n) is 21.4. The van der Waals surface area contributed by atoms with Gasteiger partial charge < -0.3 is 14.8 Å². The molecular weight excluding hydrogens is 494 g/mol. The summed E-state index contributed by atoms with van der Waals surface area (Å²) in [6, 6.07) is 31.0. The van der Waals surface area contributed by atoms with Gasteiger partial charge in [-0.1, -0.05) is 83.9 Å². The van der Waals surface area contributed by atoms with Crippen molar-refractivity contribution in [1.82, 2.24) is 5.32 Å². The summed E-state index contributed by atoms with van der Waals surface area (Å²) in [6.07, 6.45) is -0.1000. The first-order chi connectivity index (χ1) is 18.4. The van der Waals surface area contributed by atoms with Crippen LogP contribution in [0.5, 0.6) is 0 Å². The predicted octanol–water partition coefficient (Wildman–Crippen LogP) is 7.43. The number of benzene rings is 4. The minimum absolute atomic E-state index is 0.0555. The molecule has 38 heavy (non-hydrogen) atoms. The lowest BCUT2D eigenvalue weighted by molar-refractivity contribution is -0.120. The highest BCUT2D eigenvalue weighted by Crippen LogP contribution is 2.28. The number of nitrogens with one attached hydrogen (secondary N) is 1. The van der Waals surface area contributed by atoms with E-state index in [2.05, 4.69) is 37.4 Å². The van der Waals surface area contributed by atoms with Crippen LogP contribution < -0.4 is 5.32 Å². The zero-order valence-corrected chi connectivity index (χ0v) is 22.2. The lowest BCUT2D eigenvalue weighted by atomic mass is 9.93. The van der Waals surface area contributed by atoms with Crippen molar-refractivity contribution in [3.63, 3.8) is 0 Å². The molecule has 2 unspecified atom stereocenters. The van der Waals surface area contributed by atoms with Crippen LogP contribution in [0.4, 0.5) is 0 Å². The van der Waals surface area contributed by atoms with Gasteiger partial charge in [0.15, 0.2) is 0 Å². The predicted molar refractivity (Wildman–Crippen MR) is 152 cm³/mol. The number of aryl methyl sites for hydroxylation is 2. The summed E-state index contributed by atoms with van der Waals surface area (Å²) in [7, 11) is 0. The van der Waals surface area contributed by atoms with Crippen LogP contribution in [0.3, 0.4) is 0 Å². The maximum atomic E-state index is 13.2. The molecule has 0 saturated heterocycles. The normalized spacial score (nSPS) is 12.8. The van der Waals surface area contributed by atoms with Crippen molar-refractivity contribution in [3.8, 4) is 0 Å². The van der Waals surface area contributed by atoms with E-state index in [0.717, 1.165) is 38.8 Å².